The van der Waals surface area contributed by atoms with E-state index >= 15 is 0 Å². The van der Waals surface area contributed by atoms with Crippen LogP contribution in [-0.2, 0) is 6.61 Å². The van der Waals surface area contributed by atoms with Crippen molar-refractivity contribution in [2.75, 3.05) is 0 Å². The van der Waals surface area contributed by atoms with Gasteiger partial charge in [0.05, 0.1) is 6.61 Å². The SMILES string of the molecule is OCc1ccc(Oc2ccc3ccccc3c2)nc1. The van der Waals surface area contributed by atoms with E-state index in [2.05, 4.69) is 11.1 Å². The minimum absolute atomic E-state index is 0.0107. The Morgan fingerprint density at radius 1 is 0.947 bits per heavy atom. The Morgan fingerprint density at radius 2 is 1.79 bits per heavy atom. The van der Waals surface area contributed by atoms with Crippen LogP contribution < -0.4 is 4.74 Å². The third kappa shape index (κ3) is 2.56. The summed E-state index contributed by atoms with van der Waals surface area (Å²) in [5, 5.41) is 11.3. The zero-order valence-corrected chi connectivity index (χ0v) is 10.3. The molecule has 2 aromatic carbocycles. The summed E-state index contributed by atoms with van der Waals surface area (Å²) in [7, 11) is 0. The van der Waals surface area contributed by atoms with Gasteiger partial charge in [-0.1, -0.05) is 30.3 Å². The summed E-state index contributed by atoms with van der Waals surface area (Å²) in [6.07, 6.45) is 1.61. The predicted octanol–water partition coefficient (Wildman–Crippen LogP) is 3.52. The molecule has 19 heavy (non-hydrogen) atoms. The van der Waals surface area contributed by atoms with Gasteiger partial charge in [-0.15, -0.1) is 0 Å². The molecule has 0 radical (unpaired) electrons. The molecular weight excluding hydrogens is 238 g/mol. The van der Waals surface area contributed by atoms with E-state index in [-0.39, 0.29) is 6.61 Å². The second kappa shape index (κ2) is 5.08. The number of pyridine rings is 1. The van der Waals surface area contributed by atoms with Crippen molar-refractivity contribution < 1.29 is 9.84 Å². The Hall–Kier alpha value is -2.39. The maximum Gasteiger partial charge on any atom is 0.219 e. The van der Waals surface area contributed by atoms with Gasteiger partial charge in [-0.2, -0.15) is 0 Å². The minimum Gasteiger partial charge on any atom is -0.439 e. The first kappa shape index (κ1) is 11.7. The Labute approximate surface area is 111 Å². The van der Waals surface area contributed by atoms with Crippen LogP contribution in [0.4, 0.5) is 0 Å². The lowest BCUT2D eigenvalue weighted by Crippen LogP contribution is -1.90. The summed E-state index contributed by atoms with van der Waals surface area (Å²) >= 11 is 0. The molecule has 0 aliphatic heterocycles. The molecule has 0 unspecified atom stereocenters. The van der Waals surface area contributed by atoms with E-state index in [1.54, 1.807) is 18.3 Å². The van der Waals surface area contributed by atoms with Crippen LogP contribution in [0.15, 0.2) is 60.8 Å². The number of nitrogens with zero attached hydrogens (tertiary/aromatic N) is 1. The largest absolute Gasteiger partial charge is 0.439 e. The molecule has 3 nitrogen and oxygen atoms in total. The first-order valence-corrected chi connectivity index (χ1v) is 6.07. The van der Waals surface area contributed by atoms with Crippen molar-refractivity contribution in [2.45, 2.75) is 6.61 Å². The van der Waals surface area contributed by atoms with Gasteiger partial charge >= 0.3 is 0 Å². The number of hydrogen-bond acceptors (Lipinski definition) is 3. The van der Waals surface area contributed by atoms with Crippen LogP contribution in [0.3, 0.4) is 0 Å². The second-order valence-electron chi connectivity index (χ2n) is 4.27. The van der Waals surface area contributed by atoms with Crippen LogP contribution >= 0.6 is 0 Å². The molecule has 0 spiro atoms. The number of aliphatic hydroxyl groups is 1. The average Bonchev–Trinajstić information content (AvgIpc) is 2.48. The average molecular weight is 251 g/mol. The fraction of sp³-hybridized carbons (Fsp3) is 0.0625. The topological polar surface area (TPSA) is 42.4 Å². The Morgan fingerprint density at radius 3 is 2.53 bits per heavy atom. The molecule has 3 heteroatoms. The molecule has 3 aromatic rings. The van der Waals surface area contributed by atoms with Gasteiger partial charge in [0.2, 0.25) is 5.88 Å². The predicted molar refractivity (Wildman–Crippen MR) is 74.2 cm³/mol. The highest BCUT2D eigenvalue weighted by Gasteiger charge is 2.00. The van der Waals surface area contributed by atoms with Crippen molar-refractivity contribution in [3.63, 3.8) is 0 Å². The normalized spacial score (nSPS) is 10.6. The molecule has 1 N–H and O–H groups in total. The van der Waals surface area contributed by atoms with Crippen molar-refractivity contribution in [1.29, 1.82) is 0 Å². The molecule has 1 aromatic heterocycles. The standard InChI is InChI=1S/C16H13NO2/c18-11-12-5-8-16(17-10-12)19-15-7-6-13-3-1-2-4-14(13)9-15/h1-10,18H,11H2. The first-order valence-electron chi connectivity index (χ1n) is 6.07. The maximum absolute atomic E-state index is 8.96. The third-order valence-corrected chi connectivity index (χ3v) is 2.92. The Balaban J connectivity index is 1.87. The van der Waals surface area contributed by atoms with Crippen LogP contribution in [0.25, 0.3) is 10.8 Å². The van der Waals surface area contributed by atoms with E-state index in [4.69, 9.17) is 9.84 Å². The molecule has 0 aliphatic carbocycles. The molecule has 0 atom stereocenters. The fourth-order valence-corrected chi connectivity index (χ4v) is 1.92. The van der Waals surface area contributed by atoms with Gasteiger partial charge in [0, 0.05) is 12.3 Å². The lowest BCUT2D eigenvalue weighted by Gasteiger charge is -2.06. The summed E-state index contributed by atoms with van der Waals surface area (Å²) in [6, 6.07) is 17.6. The number of hydrogen-bond donors (Lipinski definition) is 1. The number of rotatable bonds is 3. The molecule has 0 bridgehead atoms. The van der Waals surface area contributed by atoms with Crippen LogP contribution in [-0.4, -0.2) is 10.1 Å². The molecule has 94 valence electrons. The molecule has 0 saturated carbocycles. The number of benzene rings is 2. The second-order valence-corrected chi connectivity index (χ2v) is 4.27. The van der Waals surface area contributed by atoms with Gasteiger partial charge in [0.15, 0.2) is 0 Å². The molecule has 0 aliphatic rings. The molecule has 1 heterocycles. The Bertz CT molecular complexity index is 692. The van der Waals surface area contributed by atoms with Crippen LogP contribution in [0.2, 0.25) is 0 Å². The summed E-state index contributed by atoms with van der Waals surface area (Å²) in [5.41, 5.74) is 0.769. The van der Waals surface area contributed by atoms with Crippen molar-refractivity contribution in [1.82, 2.24) is 4.98 Å². The fourth-order valence-electron chi connectivity index (χ4n) is 1.92. The third-order valence-electron chi connectivity index (χ3n) is 2.92. The minimum atomic E-state index is -0.0107. The number of aliphatic hydroxyl groups excluding tert-OH is 1. The number of ether oxygens (including phenoxy) is 1. The smallest absolute Gasteiger partial charge is 0.219 e. The molecule has 3 rings (SSSR count). The Kier molecular flexibility index (Phi) is 3.12. The highest BCUT2D eigenvalue weighted by atomic mass is 16.5. The van der Waals surface area contributed by atoms with Gasteiger partial charge in [0.25, 0.3) is 0 Å². The van der Waals surface area contributed by atoms with E-state index < -0.39 is 0 Å². The van der Waals surface area contributed by atoms with Gasteiger partial charge in [-0.25, -0.2) is 4.98 Å². The summed E-state index contributed by atoms with van der Waals surface area (Å²) in [6.45, 7) is -0.0107. The highest BCUT2D eigenvalue weighted by Crippen LogP contribution is 2.24. The maximum atomic E-state index is 8.96. The van der Waals surface area contributed by atoms with E-state index in [1.165, 1.54) is 5.39 Å². The molecule has 0 saturated heterocycles. The van der Waals surface area contributed by atoms with E-state index in [9.17, 15) is 0 Å². The summed E-state index contributed by atoms with van der Waals surface area (Å²) in [5.74, 6) is 1.27. The zero-order valence-electron chi connectivity index (χ0n) is 10.3. The highest BCUT2D eigenvalue weighted by molar-refractivity contribution is 5.83. The van der Waals surface area contributed by atoms with Crippen LogP contribution in [0.1, 0.15) is 5.56 Å². The van der Waals surface area contributed by atoms with Crippen molar-refractivity contribution in [3.8, 4) is 11.6 Å². The van der Waals surface area contributed by atoms with Crippen molar-refractivity contribution >= 4 is 10.8 Å². The molecule has 0 fully saturated rings. The summed E-state index contributed by atoms with van der Waals surface area (Å²) < 4.78 is 5.69. The van der Waals surface area contributed by atoms with Gasteiger partial charge < -0.3 is 9.84 Å². The van der Waals surface area contributed by atoms with Crippen molar-refractivity contribution in [3.05, 3.63) is 66.4 Å². The monoisotopic (exact) mass is 251 g/mol. The van der Waals surface area contributed by atoms with Crippen LogP contribution in [0.5, 0.6) is 11.6 Å². The van der Waals surface area contributed by atoms with Gasteiger partial charge in [-0.3, -0.25) is 0 Å². The van der Waals surface area contributed by atoms with Gasteiger partial charge in [0.1, 0.15) is 5.75 Å². The molecular formula is C16H13NO2. The lowest BCUT2D eigenvalue weighted by atomic mass is 10.1. The van der Waals surface area contributed by atoms with E-state index in [0.717, 1.165) is 16.7 Å². The van der Waals surface area contributed by atoms with E-state index in [1.807, 2.05) is 36.4 Å². The summed E-state index contributed by atoms with van der Waals surface area (Å²) in [4.78, 5) is 4.14. The quantitative estimate of drug-likeness (QED) is 0.774. The number of aromatic nitrogens is 1. The molecule has 0 amide bonds. The van der Waals surface area contributed by atoms with Crippen LogP contribution in [0, 0.1) is 0 Å². The first-order chi connectivity index (χ1) is 9.35. The van der Waals surface area contributed by atoms with Crippen molar-refractivity contribution in [2.24, 2.45) is 0 Å². The number of fused-ring (bicyclic) bond motifs is 1. The lowest BCUT2D eigenvalue weighted by molar-refractivity contribution is 0.281. The van der Waals surface area contributed by atoms with E-state index in [0.29, 0.717) is 5.88 Å². The van der Waals surface area contributed by atoms with Gasteiger partial charge in [-0.05, 0) is 34.5 Å². The zero-order chi connectivity index (χ0) is 13.1.